The Morgan fingerprint density at radius 2 is 1.95 bits per heavy atom. The maximum absolute atomic E-state index is 12.6. The van der Waals surface area contributed by atoms with Crippen LogP contribution in [0.25, 0.3) is 21.8 Å². The van der Waals surface area contributed by atoms with Crippen molar-refractivity contribution in [2.45, 2.75) is 52.0 Å². The van der Waals surface area contributed by atoms with Crippen molar-refractivity contribution < 1.29 is 9.53 Å². The Morgan fingerprint density at radius 3 is 2.66 bits per heavy atom. The molecular weight excluding hydrogens is 492 g/mol. The molecule has 0 atom stereocenters. The van der Waals surface area contributed by atoms with Crippen molar-refractivity contribution in [1.82, 2.24) is 20.1 Å². The first-order chi connectivity index (χ1) is 18.3. The summed E-state index contributed by atoms with van der Waals surface area (Å²) in [6.07, 6.45) is 14.9. The molecule has 0 spiro atoms. The molecule has 3 heterocycles. The molecule has 0 radical (unpaired) electrons. The number of ether oxygens (including phenoxy) is 1. The van der Waals surface area contributed by atoms with E-state index in [4.69, 9.17) is 14.8 Å². The second-order valence-corrected chi connectivity index (χ2v) is 11.5. The zero-order valence-electron chi connectivity index (χ0n) is 22.7. The molecule has 0 saturated carbocycles. The summed E-state index contributed by atoms with van der Waals surface area (Å²) in [6, 6.07) is 8.64. The monoisotopic (exact) mass is 530 g/mol. The van der Waals surface area contributed by atoms with E-state index >= 15 is 0 Å². The van der Waals surface area contributed by atoms with Gasteiger partial charge < -0.3 is 10.1 Å². The van der Waals surface area contributed by atoms with Gasteiger partial charge in [-0.3, -0.25) is 9.48 Å². The minimum absolute atomic E-state index is 0.0172. The van der Waals surface area contributed by atoms with E-state index in [0.29, 0.717) is 12.5 Å². The summed E-state index contributed by atoms with van der Waals surface area (Å²) < 4.78 is 7.48. The highest BCUT2D eigenvalue weighted by atomic mass is 32.1. The number of aromatic nitrogens is 3. The first-order valence-corrected chi connectivity index (χ1v) is 14.1. The normalized spacial score (nSPS) is 14.9. The molecule has 3 aromatic rings. The van der Waals surface area contributed by atoms with E-state index in [2.05, 4.69) is 67.7 Å². The number of nitrogens with one attached hydrogen (secondary N) is 1. The summed E-state index contributed by atoms with van der Waals surface area (Å²) in [7, 11) is 0. The van der Waals surface area contributed by atoms with E-state index in [0.717, 1.165) is 60.0 Å². The lowest BCUT2D eigenvalue weighted by atomic mass is 10.0. The summed E-state index contributed by atoms with van der Waals surface area (Å²) in [4.78, 5) is 17.4. The number of hydrogen-bond acceptors (Lipinski definition) is 5. The average Bonchev–Trinajstić information content (AvgIpc) is 3.56. The third-order valence-corrected chi connectivity index (χ3v) is 7.46. The highest BCUT2D eigenvalue weighted by Crippen LogP contribution is 2.37. The third kappa shape index (κ3) is 7.39. The van der Waals surface area contributed by atoms with Crippen LogP contribution in [-0.4, -0.2) is 40.4 Å². The van der Waals surface area contributed by atoms with Gasteiger partial charge in [0, 0.05) is 30.7 Å². The van der Waals surface area contributed by atoms with E-state index in [9.17, 15) is 4.79 Å². The summed E-state index contributed by atoms with van der Waals surface area (Å²) in [5, 5.41) is 10.7. The lowest BCUT2D eigenvalue weighted by Crippen LogP contribution is -2.33. The van der Waals surface area contributed by atoms with Crippen LogP contribution in [0.2, 0.25) is 0 Å². The molecule has 200 valence electrons. The fraction of sp³-hybridized carbons (Fsp3) is 0.387. The number of carbonyl (C=O) groups is 1. The van der Waals surface area contributed by atoms with Crippen molar-refractivity contribution in [2.75, 3.05) is 19.8 Å². The fourth-order valence-electron chi connectivity index (χ4n) is 4.46. The Hall–Kier alpha value is -3.29. The Kier molecular flexibility index (Phi) is 9.48. The second kappa shape index (κ2) is 13.0. The quantitative estimate of drug-likeness (QED) is 0.310. The highest BCUT2D eigenvalue weighted by molar-refractivity contribution is 7.13. The molecule has 1 N–H and O–H groups in total. The number of hydrogen-bond donors (Lipinski definition) is 1. The van der Waals surface area contributed by atoms with Gasteiger partial charge >= 0.3 is 0 Å². The zero-order chi connectivity index (χ0) is 27.0. The van der Waals surface area contributed by atoms with Crippen molar-refractivity contribution in [3.05, 3.63) is 84.1 Å². The molecule has 38 heavy (non-hydrogen) atoms. The molecule has 0 unspecified atom stereocenters. The van der Waals surface area contributed by atoms with Crippen molar-refractivity contribution in [3.8, 4) is 21.8 Å². The molecular formula is C31H38N4O2S. The van der Waals surface area contributed by atoms with Crippen LogP contribution in [0.5, 0.6) is 0 Å². The van der Waals surface area contributed by atoms with E-state index in [1.54, 1.807) is 17.4 Å². The number of benzene rings is 1. The molecule has 1 aromatic carbocycles. The first-order valence-electron chi connectivity index (χ1n) is 13.3. The van der Waals surface area contributed by atoms with Crippen LogP contribution in [0.15, 0.2) is 72.8 Å². The summed E-state index contributed by atoms with van der Waals surface area (Å²) >= 11 is 1.56. The van der Waals surface area contributed by atoms with E-state index in [1.807, 2.05) is 29.8 Å². The largest absolute Gasteiger partial charge is 0.381 e. The Labute approximate surface area is 230 Å². The van der Waals surface area contributed by atoms with E-state index in [1.165, 1.54) is 5.56 Å². The second-order valence-electron chi connectivity index (χ2n) is 10.6. The Bertz CT molecular complexity index is 1270. The molecule has 0 bridgehead atoms. The predicted molar refractivity (Wildman–Crippen MR) is 156 cm³/mol. The van der Waals surface area contributed by atoms with Crippen LogP contribution >= 0.6 is 11.3 Å². The Morgan fingerprint density at radius 1 is 1.18 bits per heavy atom. The van der Waals surface area contributed by atoms with Crippen LogP contribution in [0.3, 0.4) is 0 Å². The minimum Gasteiger partial charge on any atom is -0.381 e. The van der Waals surface area contributed by atoms with Gasteiger partial charge in [-0.1, -0.05) is 61.2 Å². The van der Waals surface area contributed by atoms with Gasteiger partial charge in [-0.2, -0.15) is 5.10 Å². The maximum Gasteiger partial charge on any atom is 0.226 e. The van der Waals surface area contributed by atoms with Gasteiger partial charge in [-0.25, -0.2) is 4.98 Å². The fourth-order valence-corrected chi connectivity index (χ4v) is 5.29. The first kappa shape index (κ1) is 27.7. The number of rotatable bonds is 10. The number of nitrogens with zero attached hydrogens (tertiary/aromatic N) is 3. The van der Waals surface area contributed by atoms with Crippen molar-refractivity contribution >= 4 is 17.2 Å². The van der Waals surface area contributed by atoms with Crippen LogP contribution in [0.1, 0.15) is 44.9 Å². The Balaban J connectivity index is 1.50. The number of carbonyl (C=O) groups excluding carboxylic acids is 1. The predicted octanol–water partition coefficient (Wildman–Crippen LogP) is 6.35. The average molecular weight is 531 g/mol. The molecule has 1 saturated heterocycles. The number of amides is 1. The number of allylic oxidation sites excluding steroid dienone is 5. The van der Waals surface area contributed by atoms with E-state index in [-0.39, 0.29) is 17.9 Å². The molecule has 6 nitrogen and oxygen atoms in total. The van der Waals surface area contributed by atoms with Gasteiger partial charge in [0.1, 0.15) is 5.01 Å². The van der Waals surface area contributed by atoms with Crippen molar-refractivity contribution in [2.24, 2.45) is 5.92 Å². The summed E-state index contributed by atoms with van der Waals surface area (Å²) in [5.74, 6) is 0.518. The van der Waals surface area contributed by atoms with Gasteiger partial charge in [-0.15, -0.1) is 11.3 Å². The molecule has 1 fully saturated rings. The van der Waals surface area contributed by atoms with Crippen LogP contribution < -0.4 is 5.32 Å². The lowest BCUT2D eigenvalue weighted by Gasteiger charge is -2.23. The van der Waals surface area contributed by atoms with E-state index < -0.39 is 0 Å². The smallest absolute Gasteiger partial charge is 0.226 e. The molecule has 2 aromatic heterocycles. The third-order valence-electron chi connectivity index (χ3n) is 6.53. The molecule has 1 aliphatic heterocycles. The standard InChI is InChI=1S/C31H38N4O2S/c1-5-6-7-8-9-10-23-11-13-25(14-12-23)29-27(21-33-35(29)31(2,3)4)30-34-26(22-38-30)19-28(36)32-20-24-15-17-37-18-16-24/h5-9,11-14,21-22,24H,1,10,15-20H2,2-4H3,(H,32,36)/b7-6-,9-8-. The summed E-state index contributed by atoms with van der Waals surface area (Å²) in [5.41, 5.74) is 4.95. The lowest BCUT2D eigenvalue weighted by molar-refractivity contribution is -0.120. The van der Waals surface area contributed by atoms with Crippen molar-refractivity contribution in [1.29, 1.82) is 0 Å². The molecule has 7 heteroatoms. The zero-order valence-corrected chi connectivity index (χ0v) is 23.5. The topological polar surface area (TPSA) is 69.0 Å². The minimum atomic E-state index is -0.198. The molecule has 1 amide bonds. The van der Waals surface area contributed by atoms with Crippen LogP contribution in [0, 0.1) is 5.92 Å². The molecule has 4 rings (SSSR count). The van der Waals surface area contributed by atoms with Crippen LogP contribution in [0.4, 0.5) is 0 Å². The van der Waals surface area contributed by atoms with Crippen molar-refractivity contribution in [3.63, 3.8) is 0 Å². The SMILES string of the molecule is C=C/C=C\C=C/Cc1ccc(-c2c(-c3nc(CC(=O)NCC4CCOCC4)cs3)cnn2C(C)(C)C)cc1. The highest BCUT2D eigenvalue weighted by Gasteiger charge is 2.24. The van der Waals surface area contributed by atoms with Gasteiger partial charge in [-0.05, 0) is 51.5 Å². The number of thiazole rings is 1. The van der Waals surface area contributed by atoms with Crippen LogP contribution in [-0.2, 0) is 27.9 Å². The maximum atomic E-state index is 12.6. The van der Waals surface area contributed by atoms with Gasteiger partial charge in [0.25, 0.3) is 0 Å². The molecule has 0 aliphatic carbocycles. The summed E-state index contributed by atoms with van der Waals surface area (Å²) in [6.45, 7) is 12.4. The van der Waals surface area contributed by atoms with Gasteiger partial charge in [0.2, 0.25) is 5.91 Å². The molecule has 1 aliphatic rings. The van der Waals surface area contributed by atoms with Gasteiger partial charge in [0.05, 0.1) is 35.1 Å². The van der Waals surface area contributed by atoms with Gasteiger partial charge in [0.15, 0.2) is 0 Å².